The van der Waals surface area contributed by atoms with Crippen molar-refractivity contribution in [3.05, 3.63) is 48.0 Å². The summed E-state index contributed by atoms with van der Waals surface area (Å²) in [6, 6.07) is 7.01. The number of nitrogens with one attached hydrogen (secondary N) is 1. The van der Waals surface area contributed by atoms with Crippen molar-refractivity contribution >= 4 is 17.4 Å². The summed E-state index contributed by atoms with van der Waals surface area (Å²) in [6.45, 7) is 0. The highest BCUT2D eigenvalue weighted by Gasteiger charge is 2.21. The fourth-order valence-electron chi connectivity index (χ4n) is 3.03. The van der Waals surface area contributed by atoms with Crippen LogP contribution >= 0.6 is 0 Å². The Morgan fingerprint density at radius 2 is 1.83 bits per heavy atom. The van der Waals surface area contributed by atoms with E-state index in [9.17, 15) is 9.59 Å². The van der Waals surface area contributed by atoms with E-state index >= 15 is 0 Å². The molecular formula is C18H21N3O2. The van der Waals surface area contributed by atoms with Crippen molar-refractivity contribution in [2.45, 2.75) is 32.1 Å². The number of amides is 1. The summed E-state index contributed by atoms with van der Waals surface area (Å²) in [5.41, 5.74) is 1.30. The molecule has 1 aliphatic carbocycles. The number of rotatable bonds is 4. The predicted molar refractivity (Wildman–Crippen MR) is 88.3 cm³/mol. The maximum Gasteiger partial charge on any atom is 0.228 e. The van der Waals surface area contributed by atoms with Crippen molar-refractivity contribution in [2.75, 3.05) is 5.32 Å². The van der Waals surface area contributed by atoms with Gasteiger partial charge in [0.1, 0.15) is 0 Å². The average molecular weight is 311 g/mol. The molecule has 1 aliphatic rings. The van der Waals surface area contributed by atoms with Crippen LogP contribution in [0.4, 0.5) is 5.69 Å². The van der Waals surface area contributed by atoms with Crippen LogP contribution in [0.15, 0.2) is 36.7 Å². The molecule has 0 bridgehead atoms. The lowest BCUT2D eigenvalue weighted by atomic mass is 9.88. The van der Waals surface area contributed by atoms with Gasteiger partial charge in [0, 0.05) is 36.6 Å². The quantitative estimate of drug-likeness (QED) is 0.882. The number of hydrogen-bond acceptors (Lipinski definition) is 3. The number of carbonyl (C=O) groups is 2. The summed E-state index contributed by atoms with van der Waals surface area (Å²) < 4.78 is 1.70. The molecule has 1 N–H and O–H groups in total. The zero-order valence-electron chi connectivity index (χ0n) is 13.3. The van der Waals surface area contributed by atoms with E-state index in [4.69, 9.17) is 0 Å². The number of aryl methyl sites for hydroxylation is 1. The lowest BCUT2D eigenvalue weighted by molar-refractivity contribution is -0.120. The lowest BCUT2D eigenvalue weighted by Crippen LogP contribution is -2.24. The van der Waals surface area contributed by atoms with Gasteiger partial charge >= 0.3 is 0 Å². The molecule has 1 fully saturated rings. The monoisotopic (exact) mass is 311 g/mol. The molecular weight excluding hydrogens is 290 g/mol. The van der Waals surface area contributed by atoms with Crippen molar-refractivity contribution < 1.29 is 9.59 Å². The number of hydrogen-bond donors (Lipinski definition) is 1. The van der Waals surface area contributed by atoms with Gasteiger partial charge in [0.15, 0.2) is 5.82 Å². The summed E-state index contributed by atoms with van der Waals surface area (Å²) >= 11 is 0. The topological polar surface area (TPSA) is 64.0 Å². The van der Waals surface area contributed by atoms with Crippen LogP contribution in [-0.2, 0) is 11.8 Å². The maximum absolute atomic E-state index is 12.3. The number of aromatic nitrogens is 2. The Labute approximate surface area is 135 Å². The van der Waals surface area contributed by atoms with Gasteiger partial charge in [-0.2, -0.15) is 0 Å². The summed E-state index contributed by atoms with van der Waals surface area (Å²) in [4.78, 5) is 28.6. The molecule has 0 atom stereocenters. The summed E-state index contributed by atoms with van der Waals surface area (Å²) in [6.07, 6.45) is 8.79. The zero-order valence-corrected chi connectivity index (χ0v) is 13.3. The van der Waals surface area contributed by atoms with Crippen LogP contribution in [0, 0.1) is 5.92 Å². The molecule has 23 heavy (non-hydrogen) atoms. The smallest absolute Gasteiger partial charge is 0.228 e. The molecule has 0 saturated heterocycles. The molecule has 120 valence electrons. The van der Waals surface area contributed by atoms with Crippen LogP contribution in [0.1, 0.15) is 48.3 Å². The summed E-state index contributed by atoms with van der Waals surface area (Å²) in [5, 5.41) is 2.95. The largest absolute Gasteiger partial charge is 0.331 e. The highest BCUT2D eigenvalue weighted by Crippen LogP contribution is 2.25. The Hall–Kier alpha value is -2.43. The van der Waals surface area contributed by atoms with Gasteiger partial charge in [-0.05, 0) is 37.1 Å². The highest BCUT2D eigenvalue weighted by atomic mass is 16.2. The molecule has 0 radical (unpaired) electrons. The first-order valence-electron chi connectivity index (χ1n) is 8.08. The van der Waals surface area contributed by atoms with Gasteiger partial charge in [-0.15, -0.1) is 0 Å². The predicted octanol–water partition coefficient (Wildman–Crippen LogP) is 3.17. The van der Waals surface area contributed by atoms with E-state index in [1.807, 2.05) is 0 Å². The Bertz CT molecular complexity index is 697. The number of ketones is 1. The van der Waals surface area contributed by atoms with E-state index in [1.165, 1.54) is 6.42 Å². The number of nitrogens with zero attached hydrogens (tertiary/aromatic N) is 2. The fraction of sp³-hybridized carbons (Fsp3) is 0.389. The lowest BCUT2D eigenvalue weighted by Gasteiger charge is -2.20. The van der Waals surface area contributed by atoms with Crippen LogP contribution in [0.5, 0.6) is 0 Å². The molecule has 3 rings (SSSR count). The Balaban J connectivity index is 1.66. The second kappa shape index (κ2) is 6.77. The van der Waals surface area contributed by atoms with Crippen molar-refractivity contribution in [1.82, 2.24) is 9.55 Å². The normalized spacial score (nSPS) is 15.3. The van der Waals surface area contributed by atoms with Crippen LogP contribution < -0.4 is 5.32 Å². The second-order valence-electron chi connectivity index (χ2n) is 6.09. The van der Waals surface area contributed by atoms with E-state index in [1.54, 1.807) is 48.3 Å². The number of anilines is 1. The van der Waals surface area contributed by atoms with Gasteiger partial charge in [0.2, 0.25) is 11.7 Å². The third-order valence-electron chi connectivity index (χ3n) is 4.41. The summed E-state index contributed by atoms with van der Waals surface area (Å²) in [5.74, 6) is 0.497. The second-order valence-corrected chi connectivity index (χ2v) is 6.09. The van der Waals surface area contributed by atoms with Gasteiger partial charge in [0.05, 0.1) is 0 Å². The summed E-state index contributed by atoms with van der Waals surface area (Å²) in [7, 11) is 1.79. The molecule has 1 aromatic heterocycles. The minimum Gasteiger partial charge on any atom is -0.331 e. The molecule has 2 aromatic rings. The minimum absolute atomic E-state index is 0.0906. The molecule has 1 amide bonds. The number of carbonyl (C=O) groups excluding carboxylic acids is 2. The number of benzene rings is 1. The van der Waals surface area contributed by atoms with Crippen molar-refractivity contribution in [3.63, 3.8) is 0 Å². The van der Waals surface area contributed by atoms with Crippen LogP contribution in [0.2, 0.25) is 0 Å². The molecule has 0 spiro atoms. The first kappa shape index (κ1) is 15.5. The SMILES string of the molecule is Cn1ccnc1C(=O)c1ccc(NC(=O)C2CCCCC2)cc1. The van der Waals surface area contributed by atoms with E-state index < -0.39 is 0 Å². The van der Waals surface area contributed by atoms with Crippen LogP contribution in [0.3, 0.4) is 0 Å². The molecule has 0 unspecified atom stereocenters. The zero-order chi connectivity index (χ0) is 16.2. The van der Waals surface area contributed by atoms with E-state index in [-0.39, 0.29) is 17.6 Å². The van der Waals surface area contributed by atoms with Gasteiger partial charge < -0.3 is 9.88 Å². The minimum atomic E-state index is -0.123. The van der Waals surface area contributed by atoms with E-state index in [0.717, 1.165) is 31.4 Å². The standard InChI is InChI=1S/C18H21N3O2/c1-21-12-11-19-17(21)16(22)13-7-9-15(10-8-13)20-18(23)14-5-3-2-4-6-14/h7-12,14H,2-6H2,1H3,(H,20,23). The van der Waals surface area contributed by atoms with Crippen molar-refractivity contribution in [3.8, 4) is 0 Å². The molecule has 5 heteroatoms. The first-order chi connectivity index (χ1) is 11.1. The Morgan fingerprint density at radius 3 is 2.43 bits per heavy atom. The molecule has 5 nitrogen and oxygen atoms in total. The first-order valence-corrected chi connectivity index (χ1v) is 8.08. The van der Waals surface area contributed by atoms with Crippen LogP contribution in [-0.4, -0.2) is 21.2 Å². The van der Waals surface area contributed by atoms with Gasteiger partial charge in [-0.25, -0.2) is 4.98 Å². The fourth-order valence-corrected chi connectivity index (χ4v) is 3.03. The third-order valence-corrected chi connectivity index (χ3v) is 4.41. The van der Waals surface area contributed by atoms with Gasteiger partial charge in [0.25, 0.3) is 0 Å². The van der Waals surface area contributed by atoms with Crippen molar-refractivity contribution in [1.29, 1.82) is 0 Å². The van der Waals surface area contributed by atoms with Gasteiger partial charge in [-0.1, -0.05) is 19.3 Å². The Kier molecular flexibility index (Phi) is 4.55. The van der Waals surface area contributed by atoms with Crippen molar-refractivity contribution in [2.24, 2.45) is 13.0 Å². The molecule has 1 heterocycles. The third kappa shape index (κ3) is 3.50. The number of imidazole rings is 1. The van der Waals surface area contributed by atoms with E-state index in [2.05, 4.69) is 10.3 Å². The molecule has 1 aromatic carbocycles. The van der Waals surface area contributed by atoms with E-state index in [0.29, 0.717) is 11.4 Å². The van der Waals surface area contributed by atoms with Crippen LogP contribution in [0.25, 0.3) is 0 Å². The van der Waals surface area contributed by atoms with Gasteiger partial charge in [-0.3, -0.25) is 9.59 Å². The highest BCUT2D eigenvalue weighted by molar-refractivity contribution is 6.07. The Morgan fingerprint density at radius 1 is 1.13 bits per heavy atom. The average Bonchev–Trinajstić information content (AvgIpc) is 3.02. The molecule has 0 aliphatic heterocycles. The maximum atomic E-state index is 12.3. The molecule has 1 saturated carbocycles.